The summed E-state index contributed by atoms with van der Waals surface area (Å²) in [5.74, 6) is 0.316. The van der Waals surface area contributed by atoms with E-state index in [1.165, 1.54) is 30.5 Å². The van der Waals surface area contributed by atoms with Gasteiger partial charge in [-0.2, -0.15) is 0 Å². The van der Waals surface area contributed by atoms with Crippen LogP contribution in [0.15, 0.2) is 24.3 Å². The van der Waals surface area contributed by atoms with Gasteiger partial charge in [0.05, 0.1) is 6.10 Å². The highest BCUT2D eigenvalue weighted by atomic mass is 16.3. The third kappa shape index (κ3) is 2.81. The number of hydrogen-bond donors (Lipinski definition) is 1. The summed E-state index contributed by atoms with van der Waals surface area (Å²) in [7, 11) is 4.14. The van der Waals surface area contributed by atoms with E-state index in [1.807, 2.05) is 0 Å². The first kappa shape index (κ1) is 12.4. The Morgan fingerprint density at radius 1 is 1.06 bits per heavy atom. The largest absolute Gasteiger partial charge is 0.392 e. The zero-order chi connectivity index (χ0) is 12.3. The lowest BCUT2D eigenvalue weighted by molar-refractivity contribution is 0.135. The van der Waals surface area contributed by atoms with E-state index in [9.17, 15) is 5.11 Å². The van der Waals surface area contributed by atoms with E-state index < -0.39 is 0 Å². The average Bonchev–Trinajstić information content (AvgIpc) is 2.54. The minimum Gasteiger partial charge on any atom is -0.392 e. The maximum Gasteiger partial charge on any atom is 0.0609 e. The molecule has 1 N–H and O–H groups in total. The predicted molar refractivity (Wildman–Crippen MR) is 72.6 cm³/mol. The molecule has 1 aromatic rings. The topological polar surface area (TPSA) is 23.5 Å². The minimum atomic E-state index is -0.168. The van der Waals surface area contributed by atoms with Gasteiger partial charge in [0.15, 0.2) is 0 Å². The van der Waals surface area contributed by atoms with E-state index in [0.29, 0.717) is 5.92 Å². The van der Waals surface area contributed by atoms with E-state index in [1.54, 1.807) is 0 Å². The van der Waals surface area contributed by atoms with Gasteiger partial charge in [0.2, 0.25) is 0 Å². The van der Waals surface area contributed by atoms with E-state index in [-0.39, 0.29) is 6.10 Å². The molecule has 0 aliphatic heterocycles. The summed E-state index contributed by atoms with van der Waals surface area (Å²) >= 11 is 0. The van der Waals surface area contributed by atoms with Gasteiger partial charge in [0.1, 0.15) is 0 Å². The van der Waals surface area contributed by atoms with Gasteiger partial charge in [-0.15, -0.1) is 0 Å². The van der Waals surface area contributed by atoms with Crippen molar-refractivity contribution in [2.75, 3.05) is 19.0 Å². The summed E-state index contributed by atoms with van der Waals surface area (Å²) in [4.78, 5) is 2.15. The molecule has 1 saturated carbocycles. The molecule has 1 aromatic carbocycles. The summed E-state index contributed by atoms with van der Waals surface area (Å²) in [6.07, 6.45) is 5.57. The van der Waals surface area contributed by atoms with Crippen LogP contribution in [0, 0.1) is 0 Å². The summed E-state index contributed by atoms with van der Waals surface area (Å²) in [5, 5.41) is 10.3. The molecule has 0 aromatic heterocycles. The second kappa shape index (κ2) is 5.54. The highest BCUT2D eigenvalue weighted by Crippen LogP contribution is 2.36. The third-order valence-electron chi connectivity index (χ3n) is 3.80. The van der Waals surface area contributed by atoms with Crippen LogP contribution in [-0.4, -0.2) is 25.3 Å². The van der Waals surface area contributed by atoms with Crippen LogP contribution in [0.2, 0.25) is 0 Å². The van der Waals surface area contributed by atoms with Gasteiger partial charge < -0.3 is 10.0 Å². The van der Waals surface area contributed by atoms with Crippen LogP contribution in [-0.2, 0) is 0 Å². The van der Waals surface area contributed by atoms with Gasteiger partial charge in [-0.3, -0.25) is 0 Å². The number of benzene rings is 1. The van der Waals surface area contributed by atoms with Crippen LogP contribution in [0.3, 0.4) is 0 Å². The molecule has 94 valence electrons. The van der Waals surface area contributed by atoms with Crippen LogP contribution in [0.5, 0.6) is 0 Å². The molecule has 2 rings (SSSR count). The van der Waals surface area contributed by atoms with Crippen LogP contribution in [0.25, 0.3) is 0 Å². The standard InChI is InChI=1S/C15H23NO/c1-16(2)14-10-7-6-8-12(14)13-9-4-3-5-11-15(13)17/h6-8,10,13,15,17H,3-5,9,11H2,1-2H3/t13-,15+/m1/s1. The second-order valence-electron chi connectivity index (χ2n) is 5.27. The van der Waals surface area contributed by atoms with Gasteiger partial charge in [-0.05, 0) is 24.5 Å². The predicted octanol–water partition coefficient (Wildman–Crippen LogP) is 3.16. The minimum absolute atomic E-state index is 0.168. The first-order valence-electron chi connectivity index (χ1n) is 6.64. The molecule has 0 heterocycles. The quantitative estimate of drug-likeness (QED) is 0.793. The monoisotopic (exact) mass is 233 g/mol. The Morgan fingerprint density at radius 2 is 1.76 bits per heavy atom. The van der Waals surface area contributed by atoms with Crippen molar-refractivity contribution in [3.05, 3.63) is 29.8 Å². The van der Waals surface area contributed by atoms with Gasteiger partial charge in [-0.1, -0.05) is 37.5 Å². The van der Waals surface area contributed by atoms with Crippen molar-refractivity contribution in [3.8, 4) is 0 Å². The summed E-state index contributed by atoms with van der Waals surface area (Å²) < 4.78 is 0. The normalized spacial score (nSPS) is 25.4. The zero-order valence-electron chi connectivity index (χ0n) is 10.9. The fraction of sp³-hybridized carbons (Fsp3) is 0.600. The van der Waals surface area contributed by atoms with Crippen LogP contribution in [0.1, 0.15) is 43.6 Å². The van der Waals surface area contributed by atoms with Crippen molar-refractivity contribution in [1.82, 2.24) is 0 Å². The third-order valence-corrected chi connectivity index (χ3v) is 3.80. The second-order valence-corrected chi connectivity index (χ2v) is 5.27. The van der Waals surface area contributed by atoms with Crippen LogP contribution >= 0.6 is 0 Å². The van der Waals surface area contributed by atoms with Gasteiger partial charge in [0.25, 0.3) is 0 Å². The number of anilines is 1. The Balaban J connectivity index is 2.30. The molecular formula is C15H23NO. The van der Waals surface area contributed by atoms with E-state index >= 15 is 0 Å². The average molecular weight is 233 g/mol. The molecule has 0 radical (unpaired) electrons. The highest BCUT2D eigenvalue weighted by Gasteiger charge is 2.25. The lowest BCUT2D eigenvalue weighted by atomic mass is 9.88. The molecule has 1 aliphatic carbocycles. The molecule has 2 heteroatoms. The van der Waals surface area contributed by atoms with Crippen molar-refractivity contribution in [3.63, 3.8) is 0 Å². The molecule has 0 spiro atoms. The molecule has 17 heavy (non-hydrogen) atoms. The molecule has 0 unspecified atom stereocenters. The van der Waals surface area contributed by atoms with Crippen LogP contribution in [0.4, 0.5) is 5.69 Å². The molecule has 1 fully saturated rings. The van der Waals surface area contributed by atoms with Crippen LogP contribution < -0.4 is 4.90 Å². The van der Waals surface area contributed by atoms with Crippen molar-refractivity contribution in [2.24, 2.45) is 0 Å². The van der Waals surface area contributed by atoms with Gasteiger partial charge >= 0.3 is 0 Å². The van der Waals surface area contributed by atoms with Gasteiger partial charge in [-0.25, -0.2) is 0 Å². The van der Waals surface area contributed by atoms with Crippen molar-refractivity contribution in [1.29, 1.82) is 0 Å². The van der Waals surface area contributed by atoms with Crippen molar-refractivity contribution >= 4 is 5.69 Å². The van der Waals surface area contributed by atoms with E-state index in [0.717, 1.165) is 12.8 Å². The molecule has 2 atom stereocenters. The van der Waals surface area contributed by atoms with E-state index in [4.69, 9.17) is 0 Å². The zero-order valence-corrected chi connectivity index (χ0v) is 10.9. The number of nitrogens with zero attached hydrogens (tertiary/aromatic N) is 1. The Hall–Kier alpha value is -1.02. The Bertz CT molecular complexity index is 362. The lowest BCUT2D eigenvalue weighted by Gasteiger charge is -2.26. The lowest BCUT2D eigenvalue weighted by Crippen LogP contribution is -2.20. The van der Waals surface area contributed by atoms with Crippen molar-refractivity contribution in [2.45, 2.75) is 44.1 Å². The Labute approximate surface area is 104 Å². The number of rotatable bonds is 2. The number of para-hydroxylation sites is 1. The molecule has 1 aliphatic rings. The summed E-state index contributed by atoms with van der Waals surface area (Å²) in [5.41, 5.74) is 2.56. The maximum atomic E-state index is 10.3. The smallest absolute Gasteiger partial charge is 0.0609 e. The summed E-state index contributed by atoms with van der Waals surface area (Å²) in [6, 6.07) is 8.48. The fourth-order valence-corrected chi connectivity index (χ4v) is 2.86. The molecule has 2 nitrogen and oxygen atoms in total. The number of hydrogen-bond acceptors (Lipinski definition) is 2. The highest BCUT2D eigenvalue weighted by molar-refractivity contribution is 5.54. The molecule has 0 amide bonds. The number of aliphatic hydroxyl groups is 1. The Morgan fingerprint density at radius 3 is 2.53 bits per heavy atom. The first-order chi connectivity index (χ1) is 8.20. The van der Waals surface area contributed by atoms with Crippen molar-refractivity contribution < 1.29 is 5.11 Å². The molecular weight excluding hydrogens is 210 g/mol. The Kier molecular flexibility index (Phi) is 4.06. The molecule has 0 saturated heterocycles. The maximum absolute atomic E-state index is 10.3. The molecule has 0 bridgehead atoms. The SMILES string of the molecule is CN(C)c1ccccc1[C@H]1CCCCC[C@@H]1O. The first-order valence-corrected chi connectivity index (χ1v) is 6.64. The van der Waals surface area contributed by atoms with E-state index in [2.05, 4.69) is 43.3 Å². The summed E-state index contributed by atoms with van der Waals surface area (Å²) in [6.45, 7) is 0. The van der Waals surface area contributed by atoms with Gasteiger partial charge in [0, 0.05) is 25.7 Å². The fourth-order valence-electron chi connectivity index (χ4n) is 2.86. The number of aliphatic hydroxyl groups excluding tert-OH is 1.